The second kappa shape index (κ2) is 74.5. The van der Waals surface area contributed by atoms with Crippen LogP contribution in [0, 0.1) is 11.8 Å². The highest BCUT2D eigenvalue weighted by Gasteiger charge is 2.30. The molecular weight excluding hydrogens is 1330 g/mol. The lowest BCUT2D eigenvalue weighted by molar-refractivity contribution is -0.161. The number of phosphoric ester groups is 2. The number of carbonyl (C=O) groups is 4. The molecule has 19 heteroatoms. The number of ether oxygens (including phenoxy) is 4. The normalized spacial score (nSPS) is 13.9. The Balaban J connectivity index is 5.22. The Morgan fingerprint density at radius 2 is 0.451 bits per heavy atom. The molecule has 102 heavy (non-hydrogen) atoms. The molecule has 0 saturated carbocycles. The minimum absolute atomic E-state index is 0.106. The molecule has 0 aliphatic heterocycles. The van der Waals surface area contributed by atoms with Crippen molar-refractivity contribution in [3.63, 3.8) is 0 Å². The van der Waals surface area contributed by atoms with E-state index < -0.39 is 97.5 Å². The fraction of sp³-hybridized carbons (Fsp3) is 0.952. The number of carbonyl (C=O) groups excluding carboxylic acids is 4. The molecule has 606 valence electrons. The van der Waals surface area contributed by atoms with Crippen molar-refractivity contribution in [3.8, 4) is 0 Å². The number of hydrogen-bond donors (Lipinski definition) is 3. The summed E-state index contributed by atoms with van der Waals surface area (Å²) in [5.41, 5.74) is 0. The summed E-state index contributed by atoms with van der Waals surface area (Å²) in [7, 11) is -9.92. The highest BCUT2D eigenvalue weighted by atomic mass is 31.2. The van der Waals surface area contributed by atoms with Gasteiger partial charge in [0.25, 0.3) is 0 Å². The molecule has 0 fully saturated rings. The van der Waals surface area contributed by atoms with E-state index in [1.54, 1.807) is 0 Å². The van der Waals surface area contributed by atoms with Gasteiger partial charge in [-0.2, -0.15) is 0 Å². The van der Waals surface area contributed by atoms with Crippen LogP contribution in [-0.4, -0.2) is 96.7 Å². The van der Waals surface area contributed by atoms with Crippen LogP contribution in [0.1, 0.15) is 440 Å². The molecule has 0 rings (SSSR count). The van der Waals surface area contributed by atoms with Gasteiger partial charge in [-0.05, 0) is 37.5 Å². The van der Waals surface area contributed by atoms with Gasteiger partial charge in [0.1, 0.15) is 19.3 Å². The number of rotatable bonds is 82. The first kappa shape index (κ1) is 100. The molecule has 17 nitrogen and oxygen atoms in total. The minimum atomic E-state index is -4.96. The smallest absolute Gasteiger partial charge is 0.462 e. The zero-order valence-corrected chi connectivity index (χ0v) is 68.7. The monoisotopic (exact) mass is 1490 g/mol. The Bertz CT molecular complexity index is 1960. The van der Waals surface area contributed by atoms with Gasteiger partial charge < -0.3 is 33.8 Å². The van der Waals surface area contributed by atoms with Gasteiger partial charge in [0.2, 0.25) is 0 Å². The summed E-state index contributed by atoms with van der Waals surface area (Å²) in [5, 5.41) is 10.6. The van der Waals surface area contributed by atoms with E-state index in [2.05, 4.69) is 41.5 Å². The van der Waals surface area contributed by atoms with E-state index in [9.17, 15) is 43.2 Å². The molecule has 0 amide bonds. The molecule has 3 N–H and O–H groups in total. The summed E-state index contributed by atoms with van der Waals surface area (Å²) in [6, 6.07) is 0. The molecule has 0 aromatic carbocycles. The van der Waals surface area contributed by atoms with Gasteiger partial charge in [-0.3, -0.25) is 37.3 Å². The van der Waals surface area contributed by atoms with Crippen LogP contribution in [0.25, 0.3) is 0 Å². The van der Waals surface area contributed by atoms with Crippen LogP contribution in [-0.2, 0) is 65.4 Å². The van der Waals surface area contributed by atoms with Crippen LogP contribution in [0.2, 0.25) is 0 Å². The van der Waals surface area contributed by atoms with Crippen LogP contribution in [0.4, 0.5) is 0 Å². The van der Waals surface area contributed by atoms with Crippen molar-refractivity contribution in [1.29, 1.82) is 0 Å². The summed E-state index contributed by atoms with van der Waals surface area (Å²) < 4.78 is 68.8. The summed E-state index contributed by atoms with van der Waals surface area (Å²) >= 11 is 0. The molecule has 0 spiro atoms. The predicted molar refractivity (Wildman–Crippen MR) is 418 cm³/mol. The molecule has 0 heterocycles. The third-order valence-electron chi connectivity index (χ3n) is 19.5. The van der Waals surface area contributed by atoms with Gasteiger partial charge in [-0.1, -0.05) is 388 Å². The number of aliphatic hydroxyl groups excluding tert-OH is 1. The summed E-state index contributed by atoms with van der Waals surface area (Å²) in [6.07, 6.45) is 65.3. The minimum Gasteiger partial charge on any atom is -0.462 e. The molecule has 0 saturated heterocycles. The van der Waals surface area contributed by atoms with Crippen LogP contribution in [0.5, 0.6) is 0 Å². The predicted octanol–water partition coefficient (Wildman–Crippen LogP) is 25.1. The maximum atomic E-state index is 13.1. The Hall–Kier alpha value is -1.94. The van der Waals surface area contributed by atoms with Crippen molar-refractivity contribution >= 4 is 39.5 Å². The number of esters is 4. The molecule has 0 aliphatic rings. The van der Waals surface area contributed by atoms with Crippen LogP contribution in [0.15, 0.2) is 0 Å². The Morgan fingerprint density at radius 3 is 0.667 bits per heavy atom. The zero-order chi connectivity index (χ0) is 74.9. The maximum absolute atomic E-state index is 13.1. The van der Waals surface area contributed by atoms with Crippen molar-refractivity contribution < 1.29 is 80.2 Å². The fourth-order valence-electron chi connectivity index (χ4n) is 12.9. The SMILES string of the molecule is CCCCCCCCCCCCCCCCCCCCCCCC(=O)O[C@H](COC(=O)CCCCCCCCCCCCCCCCCC(C)C)COP(=O)(O)OC[C@@H](O)COP(=O)(O)OC[C@@H](COC(=O)CCCCCCCCCCCCC)OC(=O)CCCCCCCCCCCC(C)C. The molecule has 2 unspecified atom stereocenters. The van der Waals surface area contributed by atoms with Gasteiger partial charge in [0.05, 0.1) is 26.4 Å². The van der Waals surface area contributed by atoms with Crippen molar-refractivity contribution in [2.24, 2.45) is 11.8 Å². The third kappa shape index (κ3) is 76.3. The second-order valence-corrected chi connectivity index (χ2v) is 33.7. The third-order valence-corrected chi connectivity index (χ3v) is 21.4. The first-order chi connectivity index (χ1) is 49.4. The topological polar surface area (TPSA) is 237 Å². The number of phosphoric acid groups is 2. The van der Waals surface area contributed by atoms with E-state index in [-0.39, 0.29) is 25.7 Å². The lowest BCUT2D eigenvalue weighted by atomic mass is 10.0. The number of hydrogen-bond acceptors (Lipinski definition) is 15. The van der Waals surface area contributed by atoms with E-state index in [0.29, 0.717) is 25.7 Å². The molecule has 0 radical (unpaired) electrons. The fourth-order valence-corrected chi connectivity index (χ4v) is 14.5. The summed E-state index contributed by atoms with van der Waals surface area (Å²) in [5.74, 6) is -0.564. The molecule has 5 atom stereocenters. The maximum Gasteiger partial charge on any atom is 0.472 e. The lowest BCUT2D eigenvalue weighted by Gasteiger charge is -2.21. The molecule has 0 aromatic rings. The van der Waals surface area contributed by atoms with E-state index in [1.807, 2.05) is 0 Å². The standard InChI is InChI=1S/C83H162O17P2/c1-7-9-11-13-15-17-19-20-21-22-23-24-25-26-29-33-37-43-49-55-61-67-82(87)99-78(71-94-81(86)66-60-54-48-42-36-32-30-27-28-31-35-39-45-51-57-63-75(3)4)73-97-101(89,90)95-69-77(84)70-96-102(91,92)98-74-79(72-93-80(85)65-59-53-47-41-34-18-16-14-12-10-8-2)100-83(88)68-62-56-50-44-38-40-46-52-58-64-76(5)6/h75-79,84H,7-74H2,1-6H3,(H,89,90)(H,91,92)/t77-,78-,79-/m1/s1. The quantitative estimate of drug-likeness (QED) is 0.0222. The van der Waals surface area contributed by atoms with Gasteiger partial charge >= 0.3 is 39.5 Å². The van der Waals surface area contributed by atoms with Crippen LogP contribution < -0.4 is 0 Å². The van der Waals surface area contributed by atoms with Gasteiger partial charge in [-0.15, -0.1) is 0 Å². The van der Waals surface area contributed by atoms with Crippen molar-refractivity contribution in [1.82, 2.24) is 0 Å². The van der Waals surface area contributed by atoms with E-state index in [4.69, 9.17) is 37.0 Å². The summed E-state index contributed by atoms with van der Waals surface area (Å²) in [4.78, 5) is 73.1. The number of unbranched alkanes of at least 4 members (excludes halogenated alkanes) is 52. The number of aliphatic hydroxyl groups is 1. The van der Waals surface area contributed by atoms with Crippen molar-refractivity contribution in [2.45, 2.75) is 458 Å². The average molecular weight is 1490 g/mol. The highest BCUT2D eigenvalue weighted by Crippen LogP contribution is 2.45. The van der Waals surface area contributed by atoms with Crippen molar-refractivity contribution in [3.05, 3.63) is 0 Å². The molecule has 0 aliphatic carbocycles. The molecule has 0 aromatic heterocycles. The largest absolute Gasteiger partial charge is 0.472 e. The lowest BCUT2D eigenvalue weighted by Crippen LogP contribution is -2.30. The first-order valence-corrected chi connectivity index (χ1v) is 46.0. The van der Waals surface area contributed by atoms with E-state index in [1.165, 1.54) is 257 Å². The van der Waals surface area contributed by atoms with Crippen LogP contribution >= 0.6 is 15.6 Å². The Kier molecular flexibility index (Phi) is 73.1. The van der Waals surface area contributed by atoms with Gasteiger partial charge in [0, 0.05) is 25.7 Å². The van der Waals surface area contributed by atoms with E-state index >= 15 is 0 Å². The van der Waals surface area contributed by atoms with Crippen LogP contribution in [0.3, 0.4) is 0 Å². The van der Waals surface area contributed by atoms with Gasteiger partial charge in [-0.25, -0.2) is 9.13 Å². The van der Waals surface area contributed by atoms with E-state index in [0.717, 1.165) is 102 Å². The molecular formula is C83H162O17P2. The average Bonchev–Trinajstić information content (AvgIpc) is 0.912. The Morgan fingerprint density at radius 1 is 0.265 bits per heavy atom. The highest BCUT2D eigenvalue weighted by molar-refractivity contribution is 7.47. The second-order valence-electron chi connectivity index (χ2n) is 30.8. The first-order valence-electron chi connectivity index (χ1n) is 43.0. The molecule has 0 bridgehead atoms. The zero-order valence-electron chi connectivity index (χ0n) is 66.9. The summed E-state index contributed by atoms with van der Waals surface area (Å²) in [6.45, 7) is 9.65. The van der Waals surface area contributed by atoms with Crippen molar-refractivity contribution in [2.75, 3.05) is 39.6 Å². The Labute approximate surface area is 626 Å². The van der Waals surface area contributed by atoms with Gasteiger partial charge in [0.15, 0.2) is 12.2 Å².